The minimum absolute atomic E-state index is 0.0344. The van der Waals surface area contributed by atoms with E-state index in [1.165, 1.54) is 25.9 Å². The second kappa shape index (κ2) is 8.46. The molecule has 112 valence electrons. The molecule has 0 radical (unpaired) electrons. The van der Waals surface area contributed by atoms with Crippen LogP contribution in [0.3, 0.4) is 0 Å². The third-order valence-corrected chi connectivity index (χ3v) is 3.59. The second-order valence-electron chi connectivity index (χ2n) is 5.24. The average Bonchev–Trinajstić information content (AvgIpc) is 3.03. The summed E-state index contributed by atoms with van der Waals surface area (Å²) in [6.07, 6.45) is 3.62. The summed E-state index contributed by atoms with van der Waals surface area (Å²) >= 11 is 0. The fourth-order valence-corrected chi connectivity index (χ4v) is 2.50. The van der Waals surface area contributed by atoms with Gasteiger partial charge in [0.2, 0.25) is 0 Å². The van der Waals surface area contributed by atoms with E-state index in [1.54, 1.807) is 6.07 Å². The molecule has 1 saturated heterocycles. The Kier molecular flexibility index (Phi) is 6.26. The highest BCUT2D eigenvalue weighted by atomic mass is 16.1. The number of carbonyl (C=O) groups is 1. The Hall–Kier alpha value is -1.83. The summed E-state index contributed by atoms with van der Waals surface area (Å²) in [6, 6.07) is 7.34. The molecule has 0 aromatic heterocycles. The average molecular weight is 285 g/mol. The van der Waals surface area contributed by atoms with Gasteiger partial charge in [-0.25, -0.2) is 0 Å². The van der Waals surface area contributed by atoms with Crippen molar-refractivity contribution in [1.29, 1.82) is 0 Å². The Morgan fingerprint density at radius 2 is 2.14 bits per heavy atom. The van der Waals surface area contributed by atoms with Gasteiger partial charge in [-0.3, -0.25) is 4.79 Å². The summed E-state index contributed by atoms with van der Waals surface area (Å²) in [5, 5.41) is 2.97. The van der Waals surface area contributed by atoms with Crippen LogP contribution in [-0.4, -0.2) is 43.5 Å². The maximum Gasteiger partial charge on any atom is 0.251 e. The summed E-state index contributed by atoms with van der Waals surface area (Å²) in [4.78, 5) is 14.5. The largest absolute Gasteiger partial charge is 0.352 e. The monoisotopic (exact) mass is 285 g/mol. The number of nitrogens with zero attached hydrogens (tertiary/aromatic N) is 1. The molecule has 21 heavy (non-hydrogen) atoms. The summed E-state index contributed by atoms with van der Waals surface area (Å²) in [5.41, 5.74) is 6.83. The van der Waals surface area contributed by atoms with Gasteiger partial charge in [-0.05, 0) is 57.1 Å². The molecule has 0 atom stereocenters. The first-order valence-electron chi connectivity index (χ1n) is 7.59. The molecule has 0 saturated carbocycles. The first-order chi connectivity index (χ1) is 10.3. The van der Waals surface area contributed by atoms with Crippen LogP contribution >= 0.6 is 0 Å². The van der Waals surface area contributed by atoms with Crippen molar-refractivity contribution in [1.82, 2.24) is 10.2 Å². The van der Waals surface area contributed by atoms with E-state index in [0.717, 1.165) is 18.5 Å². The van der Waals surface area contributed by atoms with Crippen molar-refractivity contribution in [3.05, 3.63) is 35.4 Å². The van der Waals surface area contributed by atoms with Crippen molar-refractivity contribution in [2.75, 3.05) is 32.7 Å². The lowest BCUT2D eigenvalue weighted by Crippen LogP contribution is -2.28. The van der Waals surface area contributed by atoms with Crippen molar-refractivity contribution in [3.63, 3.8) is 0 Å². The smallest absolute Gasteiger partial charge is 0.251 e. The summed E-state index contributed by atoms with van der Waals surface area (Å²) in [7, 11) is 0. The van der Waals surface area contributed by atoms with E-state index in [2.05, 4.69) is 22.1 Å². The summed E-state index contributed by atoms with van der Waals surface area (Å²) in [5.74, 6) is 5.70. The molecule has 1 aliphatic rings. The SMILES string of the molecule is NCC#Cc1cccc(C(=O)NCCCN2CCCC2)c1. The van der Waals surface area contributed by atoms with Crippen LogP contribution in [0.1, 0.15) is 35.2 Å². The van der Waals surface area contributed by atoms with Gasteiger partial charge >= 0.3 is 0 Å². The molecule has 1 aromatic rings. The molecule has 0 unspecified atom stereocenters. The number of hydrogen-bond donors (Lipinski definition) is 2. The number of benzene rings is 1. The normalized spacial score (nSPS) is 14.5. The molecule has 1 heterocycles. The lowest BCUT2D eigenvalue weighted by Gasteiger charge is -2.14. The number of likely N-dealkylation sites (tertiary alicyclic amines) is 1. The highest BCUT2D eigenvalue weighted by Crippen LogP contribution is 2.07. The van der Waals surface area contributed by atoms with Gasteiger partial charge in [0.25, 0.3) is 5.91 Å². The summed E-state index contributed by atoms with van der Waals surface area (Å²) < 4.78 is 0. The molecule has 2 rings (SSSR count). The zero-order valence-electron chi connectivity index (χ0n) is 12.4. The fraction of sp³-hybridized carbons (Fsp3) is 0.471. The Bertz CT molecular complexity index is 524. The van der Waals surface area contributed by atoms with Crippen LogP contribution in [0.25, 0.3) is 0 Å². The van der Waals surface area contributed by atoms with Crippen LogP contribution in [0.4, 0.5) is 0 Å². The minimum Gasteiger partial charge on any atom is -0.352 e. The van der Waals surface area contributed by atoms with Gasteiger partial charge in [-0.1, -0.05) is 17.9 Å². The van der Waals surface area contributed by atoms with Crippen molar-refractivity contribution in [2.24, 2.45) is 5.73 Å². The van der Waals surface area contributed by atoms with Crippen LogP contribution in [-0.2, 0) is 0 Å². The van der Waals surface area contributed by atoms with Crippen LogP contribution in [0.2, 0.25) is 0 Å². The van der Waals surface area contributed by atoms with E-state index in [1.807, 2.05) is 18.2 Å². The van der Waals surface area contributed by atoms with E-state index in [0.29, 0.717) is 18.7 Å². The molecule has 0 aliphatic carbocycles. The molecule has 4 heteroatoms. The van der Waals surface area contributed by atoms with E-state index in [4.69, 9.17) is 5.73 Å². The van der Waals surface area contributed by atoms with Gasteiger partial charge in [0.05, 0.1) is 6.54 Å². The van der Waals surface area contributed by atoms with Crippen molar-refractivity contribution < 1.29 is 4.79 Å². The van der Waals surface area contributed by atoms with Gasteiger partial charge in [0.1, 0.15) is 0 Å². The van der Waals surface area contributed by atoms with Gasteiger partial charge in [-0.15, -0.1) is 0 Å². The number of nitrogens with one attached hydrogen (secondary N) is 1. The third-order valence-electron chi connectivity index (χ3n) is 3.59. The summed E-state index contributed by atoms with van der Waals surface area (Å²) in [6.45, 7) is 4.52. The number of hydrogen-bond acceptors (Lipinski definition) is 3. The van der Waals surface area contributed by atoms with Gasteiger partial charge in [0, 0.05) is 17.7 Å². The highest BCUT2D eigenvalue weighted by molar-refractivity contribution is 5.94. The van der Waals surface area contributed by atoms with Gasteiger partial charge in [-0.2, -0.15) is 0 Å². The molecule has 1 aliphatic heterocycles. The zero-order valence-corrected chi connectivity index (χ0v) is 12.4. The fourth-order valence-electron chi connectivity index (χ4n) is 2.50. The maximum absolute atomic E-state index is 12.1. The maximum atomic E-state index is 12.1. The van der Waals surface area contributed by atoms with Crippen LogP contribution in [0, 0.1) is 11.8 Å². The molecule has 0 bridgehead atoms. The van der Waals surface area contributed by atoms with Gasteiger partial charge < -0.3 is 16.0 Å². The Labute approximate surface area is 126 Å². The van der Waals surface area contributed by atoms with Crippen molar-refractivity contribution >= 4 is 5.91 Å². The van der Waals surface area contributed by atoms with Crippen LogP contribution in [0.15, 0.2) is 24.3 Å². The van der Waals surface area contributed by atoms with Crippen molar-refractivity contribution in [3.8, 4) is 11.8 Å². The number of nitrogens with two attached hydrogens (primary N) is 1. The van der Waals surface area contributed by atoms with Crippen molar-refractivity contribution in [2.45, 2.75) is 19.3 Å². The minimum atomic E-state index is -0.0344. The molecule has 1 fully saturated rings. The first-order valence-corrected chi connectivity index (χ1v) is 7.59. The molecule has 1 amide bonds. The quantitative estimate of drug-likeness (QED) is 0.631. The number of carbonyl (C=O) groups excluding carboxylic acids is 1. The molecule has 3 N–H and O–H groups in total. The van der Waals surface area contributed by atoms with Crippen LogP contribution in [0.5, 0.6) is 0 Å². The van der Waals surface area contributed by atoms with Gasteiger partial charge in [0.15, 0.2) is 0 Å². The highest BCUT2D eigenvalue weighted by Gasteiger charge is 2.10. The standard InChI is InChI=1S/C17H23N3O/c18-9-4-7-15-6-3-8-16(14-15)17(21)19-10-5-13-20-11-1-2-12-20/h3,6,8,14H,1-2,5,9-13,18H2,(H,19,21). The Morgan fingerprint density at radius 1 is 1.33 bits per heavy atom. The van der Waals surface area contributed by atoms with E-state index in [9.17, 15) is 4.79 Å². The number of amides is 1. The first kappa shape index (κ1) is 15.6. The van der Waals surface area contributed by atoms with E-state index < -0.39 is 0 Å². The number of rotatable bonds is 5. The molecule has 0 spiro atoms. The molecule has 4 nitrogen and oxygen atoms in total. The lowest BCUT2D eigenvalue weighted by atomic mass is 10.1. The molecular weight excluding hydrogens is 262 g/mol. The topological polar surface area (TPSA) is 58.4 Å². The third kappa shape index (κ3) is 5.22. The van der Waals surface area contributed by atoms with Crippen LogP contribution < -0.4 is 11.1 Å². The van der Waals surface area contributed by atoms with E-state index >= 15 is 0 Å². The molecule has 1 aromatic carbocycles. The Balaban J connectivity index is 1.77. The lowest BCUT2D eigenvalue weighted by molar-refractivity contribution is 0.0952. The Morgan fingerprint density at radius 3 is 2.90 bits per heavy atom. The predicted octanol–water partition coefficient (Wildman–Crippen LogP) is 1.21. The second-order valence-corrected chi connectivity index (χ2v) is 5.24. The zero-order chi connectivity index (χ0) is 14.9. The molecular formula is C17H23N3O. The predicted molar refractivity (Wildman–Crippen MR) is 85.0 cm³/mol. The van der Waals surface area contributed by atoms with E-state index in [-0.39, 0.29) is 5.91 Å².